The topological polar surface area (TPSA) is 49.4 Å². The minimum atomic E-state index is -0.347. The summed E-state index contributed by atoms with van der Waals surface area (Å²) >= 11 is 3.00. The predicted molar refractivity (Wildman–Crippen MR) is 103 cm³/mol. The summed E-state index contributed by atoms with van der Waals surface area (Å²) in [6.45, 7) is 0.663. The molecule has 2 aromatic heterocycles. The first-order valence-corrected chi connectivity index (χ1v) is 9.84. The van der Waals surface area contributed by atoms with E-state index in [0.717, 1.165) is 4.88 Å². The monoisotopic (exact) mass is 388 g/mol. The van der Waals surface area contributed by atoms with Crippen LogP contribution in [-0.2, 0) is 11.3 Å². The van der Waals surface area contributed by atoms with E-state index >= 15 is 0 Å². The Morgan fingerprint density at radius 1 is 1.08 bits per heavy atom. The predicted octanol–water partition coefficient (Wildman–Crippen LogP) is 4.30. The summed E-state index contributed by atoms with van der Waals surface area (Å²) in [5.74, 6) is -0.665. The van der Waals surface area contributed by atoms with Crippen LogP contribution in [0.4, 0.5) is 10.1 Å². The van der Waals surface area contributed by atoms with Crippen molar-refractivity contribution in [1.82, 2.24) is 5.32 Å². The second kappa shape index (κ2) is 8.73. The third-order valence-corrected chi connectivity index (χ3v) is 5.29. The lowest BCUT2D eigenvalue weighted by atomic mass is 10.2. The smallest absolute Gasteiger partial charge is 0.252 e. The first-order chi connectivity index (χ1) is 12.6. The van der Waals surface area contributed by atoms with Gasteiger partial charge >= 0.3 is 0 Å². The molecule has 3 aromatic rings. The largest absolute Gasteiger partial charge is 0.351 e. The normalized spacial score (nSPS) is 10.5. The standard InChI is InChI=1S/C19H17FN2O2S2/c20-15-3-5-16(6-4-15)22(12-17-2-1-10-26-17)18(23)7-9-21-19(24)14-8-11-25-13-14/h1-6,8,10-11,13H,7,9,12H2,(H,21,24). The molecule has 0 fully saturated rings. The van der Waals surface area contributed by atoms with Crippen LogP contribution in [0.3, 0.4) is 0 Å². The molecule has 2 heterocycles. The molecule has 0 bridgehead atoms. The summed E-state index contributed by atoms with van der Waals surface area (Å²) in [7, 11) is 0. The molecule has 0 unspecified atom stereocenters. The minimum Gasteiger partial charge on any atom is -0.351 e. The Morgan fingerprint density at radius 3 is 2.54 bits per heavy atom. The number of amides is 2. The summed E-state index contributed by atoms with van der Waals surface area (Å²) in [6, 6.07) is 11.5. The fourth-order valence-electron chi connectivity index (χ4n) is 2.42. The number of nitrogens with zero attached hydrogens (tertiary/aromatic N) is 1. The Bertz CT molecular complexity index is 846. The number of hydrogen-bond donors (Lipinski definition) is 1. The lowest BCUT2D eigenvalue weighted by Gasteiger charge is -2.22. The highest BCUT2D eigenvalue weighted by atomic mass is 32.1. The zero-order chi connectivity index (χ0) is 18.4. The number of benzene rings is 1. The van der Waals surface area contributed by atoms with E-state index in [0.29, 0.717) is 17.8 Å². The highest BCUT2D eigenvalue weighted by molar-refractivity contribution is 7.09. The van der Waals surface area contributed by atoms with Crippen LogP contribution in [0, 0.1) is 5.82 Å². The van der Waals surface area contributed by atoms with Crippen molar-refractivity contribution in [3.05, 3.63) is 74.9 Å². The van der Waals surface area contributed by atoms with Crippen molar-refractivity contribution in [2.24, 2.45) is 0 Å². The molecule has 0 aliphatic carbocycles. The average Bonchev–Trinajstić information content (AvgIpc) is 3.34. The molecule has 0 radical (unpaired) electrons. The molecule has 0 saturated heterocycles. The maximum absolute atomic E-state index is 13.2. The van der Waals surface area contributed by atoms with Gasteiger partial charge in [-0.2, -0.15) is 11.3 Å². The van der Waals surface area contributed by atoms with Crippen LogP contribution < -0.4 is 10.2 Å². The zero-order valence-corrected chi connectivity index (χ0v) is 15.5. The molecule has 0 aliphatic rings. The Labute approximate surface area is 158 Å². The van der Waals surface area contributed by atoms with Crippen molar-refractivity contribution in [2.45, 2.75) is 13.0 Å². The summed E-state index contributed by atoms with van der Waals surface area (Å²) in [5.41, 5.74) is 1.23. The summed E-state index contributed by atoms with van der Waals surface area (Å²) < 4.78 is 13.2. The molecule has 4 nitrogen and oxygen atoms in total. The van der Waals surface area contributed by atoms with Crippen molar-refractivity contribution in [2.75, 3.05) is 11.4 Å². The zero-order valence-electron chi connectivity index (χ0n) is 13.9. The van der Waals surface area contributed by atoms with Gasteiger partial charge in [-0.05, 0) is 47.2 Å². The molecule has 1 aromatic carbocycles. The maximum atomic E-state index is 13.2. The maximum Gasteiger partial charge on any atom is 0.252 e. The quantitative estimate of drug-likeness (QED) is 0.656. The Hall–Kier alpha value is -2.51. The molecule has 0 aliphatic heterocycles. The van der Waals surface area contributed by atoms with E-state index < -0.39 is 0 Å². The molecule has 7 heteroatoms. The molecule has 0 atom stereocenters. The Morgan fingerprint density at radius 2 is 1.88 bits per heavy atom. The van der Waals surface area contributed by atoms with Crippen molar-refractivity contribution < 1.29 is 14.0 Å². The molecule has 3 rings (SSSR count). The number of thiophene rings is 2. The van der Waals surface area contributed by atoms with E-state index in [1.807, 2.05) is 22.9 Å². The van der Waals surface area contributed by atoms with Gasteiger partial charge in [-0.1, -0.05) is 6.07 Å². The van der Waals surface area contributed by atoms with Gasteiger partial charge in [0.2, 0.25) is 5.91 Å². The van der Waals surface area contributed by atoms with Gasteiger partial charge < -0.3 is 10.2 Å². The number of halogens is 1. The lowest BCUT2D eigenvalue weighted by molar-refractivity contribution is -0.118. The van der Waals surface area contributed by atoms with E-state index in [2.05, 4.69) is 5.32 Å². The molecular weight excluding hydrogens is 371 g/mol. The Kier molecular flexibility index (Phi) is 6.14. The second-order valence-electron chi connectivity index (χ2n) is 5.55. The SMILES string of the molecule is O=C(NCCC(=O)N(Cc1cccs1)c1ccc(F)cc1)c1ccsc1. The lowest BCUT2D eigenvalue weighted by Crippen LogP contribution is -2.34. The van der Waals surface area contributed by atoms with Crippen LogP contribution in [0.2, 0.25) is 0 Å². The molecule has 1 N–H and O–H groups in total. The molecule has 0 saturated carbocycles. The fraction of sp³-hybridized carbons (Fsp3) is 0.158. The number of carbonyl (C=O) groups is 2. The van der Waals surface area contributed by atoms with Gasteiger partial charge in [-0.15, -0.1) is 11.3 Å². The van der Waals surface area contributed by atoms with E-state index in [1.165, 1.54) is 23.5 Å². The molecule has 0 spiro atoms. The molecule has 26 heavy (non-hydrogen) atoms. The van der Waals surface area contributed by atoms with Gasteiger partial charge in [0.25, 0.3) is 5.91 Å². The number of nitrogens with one attached hydrogen (secondary N) is 1. The van der Waals surface area contributed by atoms with Crippen molar-refractivity contribution in [1.29, 1.82) is 0 Å². The van der Waals surface area contributed by atoms with Crippen LogP contribution >= 0.6 is 22.7 Å². The molecule has 2 amide bonds. The minimum absolute atomic E-state index is 0.129. The van der Waals surface area contributed by atoms with Crippen LogP contribution in [0.25, 0.3) is 0 Å². The van der Waals surface area contributed by atoms with Gasteiger partial charge in [0, 0.05) is 34.5 Å². The first-order valence-electron chi connectivity index (χ1n) is 8.02. The number of rotatable bonds is 7. The fourth-order valence-corrected chi connectivity index (χ4v) is 3.75. The van der Waals surface area contributed by atoms with Crippen LogP contribution in [0.1, 0.15) is 21.7 Å². The highest BCUT2D eigenvalue weighted by Crippen LogP contribution is 2.21. The van der Waals surface area contributed by atoms with Crippen molar-refractivity contribution >= 4 is 40.2 Å². The number of hydrogen-bond acceptors (Lipinski definition) is 4. The van der Waals surface area contributed by atoms with Crippen molar-refractivity contribution in [3.63, 3.8) is 0 Å². The third kappa shape index (κ3) is 4.77. The van der Waals surface area contributed by atoms with E-state index in [1.54, 1.807) is 39.8 Å². The van der Waals surface area contributed by atoms with Gasteiger partial charge in [0.15, 0.2) is 0 Å². The first kappa shape index (κ1) is 18.3. The third-order valence-electron chi connectivity index (χ3n) is 3.74. The second-order valence-corrected chi connectivity index (χ2v) is 7.37. The van der Waals surface area contributed by atoms with Gasteiger partial charge in [0.05, 0.1) is 6.54 Å². The van der Waals surface area contributed by atoms with Gasteiger partial charge in [-0.3, -0.25) is 9.59 Å². The van der Waals surface area contributed by atoms with Gasteiger partial charge in [-0.25, -0.2) is 4.39 Å². The average molecular weight is 388 g/mol. The molecular formula is C19H17FN2O2S2. The summed E-state index contributed by atoms with van der Waals surface area (Å²) in [4.78, 5) is 27.3. The van der Waals surface area contributed by atoms with Crippen molar-refractivity contribution in [3.8, 4) is 0 Å². The summed E-state index contributed by atoms with van der Waals surface area (Å²) in [5, 5.41) is 8.29. The van der Waals surface area contributed by atoms with Crippen LogP contribution in [-0.4, -0.2) is 18.4 Å². The van der Waals surface area contributed by atoms with Crippen LogP contribution in [0.5, 0.6) is 0 Å². The van der Waals surface area contributed by atoms with Crippen LogP contribution in [0.15, 0.2) is 58.6 Å². The number of carbonyl (C=O) groups excluding carboxylic acids is 2. The Balaban J connectivity index is 1.64. The summed E-state index contributed by atoms with van der Waals surface area (Å²) in [6.07, 6.45) is 0.165. The van der Waals surface area contributed by atoms with E-state index in [4.69, 9.17) is 0 Å². The van der Waals surface area contributed by atoms with E-state index in [-0.39, 0.29) is 30.6 Å². The van der Waals surface area contributed by atoms with Gasteiger partial charge in [0.1, 0.15) is 5.82 Å². The number of anilines is 1. The highest BCUT2D eigenvalue weighted by Gasteiger charge is 2.17. The molecule has 134 valence electrons. The van der Waals surface area contributed by atoms with E-state index in [9.17, 15) is 14.0 Å².